The lowest BCUT2D eigenvalue weighted by molar-refractivity contribution is -0.384. The number of nitrogens with two attached hydrogens (primary N) is 1. The van der Waals surface area contributed by atoms with Gasteiger partial charge in [0.2, 0.25) is 5.95 Å². The first kappa shape index (κ1) is 16.3. The number of aromatic nitrogens is 4. The van der Waals surface area contributed by atoms with Gasteiger partial charge in [-0.3, -0.25) is 10.1 Å². The molecule has 0 bridgehead atoms. The van der Waals surface area contributed by atoms with E-state index in [-0.39, 0.29) is 11.5 Å². The lowest BCUT2D eigenvalue weighted by Crippen LogP contribution is -2.14. The molecule has 0 aliphatic heterocycles. The first-order valence-corrected chi connectivity index (χ1v) is 7.33. The maximum absolute atomic E-state index is 10.8. The number of nitro benzene ring substituents is 1. The molecule has 3 aromatic rings. The van der Waals surface area contributed by atoms with Crippen LogP contribution in [0.3, 0.4) is 0 Å². The van der Waals surface area contributed by atoms with Crippen molar-refractivity contribution >= 4 is 40.5 Å². The van der Waals surface area contributed by atoms with Gasteiger partial charge in [-0.15, -0.1) is 0 Å². The molecule has 0 saturated carbocycles. The SMILES string of the molecule is CN(C)c1nc(N)c2c(N=Cc3cccc([N+](=O)[O-])c3)nn(C)c2n1. The van der Waals surface area contributed by atoms with Crippen molar-refractivity contribution < 1.29 is 4.92 Å². The van der Waals surface area contributed by atoms with Crippen LogP contribution >= 0.6 is 0 Å². The van der Waals surface area contributed by atoms with Crippen molar-refractivity contribution in [2.24, 2.45) is 12.0 Å². The van der Waals surface area contributed by atoms with E-state index in [1.165, 1.54) is 18.3 Å². The summed E-state index contributed by atoms with van der Waals surface area (Å²) in [6, 6.07) is 6.16. The average Bonchev–Trinajstić information content (AvgIpc) is 2.90. The van der Waals surface area contributed by atoms with Gasteiger partial charge in [0.15, 0.2) is 11.5 Å². The van der Waals surface area contributed by atoms with Crippen LogP contribution in [-0.4, -0.2) is 45.0 Å². The zero-order valence-electron chi connectivity index (χ0n) is 13.9. The van der Waals surface area contributed by atoms with E-state index in [4.69, 9.17) is 5.73 Å². The van der Waals surface area contributed by atoms with Crippen LogP contribution in [0.15, 0.2) is 29.3 Å². The third-order valence-corrected chi connectivity index (χ3v) is 3.50. The van der Waals surface area contributed by atoms with Crippen molar-refractivity contribution in [3.05, 3.63) is 39.9 Å². The zero-order valence-corrected chi connectivity index (χ0v) is 13.9. The standard InChI is InChI=1S/C15H16N8O2/c1-21(2)15-18-12(16)11-13(20-22(3)14(11)19-15)17-8-9-5-4-6-10(7-9)23(24)25/h4-8H,1-3H3,(H2,16,18,19). The number of nitrogen functional groups attached to an aromatic ring is 1. The van der Waals surface area contributed by atoms with Crippen molar-refractivity contribution in [2.45, 2.75) is 0 Å². The Morgan fingerprint density at radius 2 is 2.12 bits per heavy atom. The summed E-state index contributed by atoms with van der Waals surface area (Å²) in [7, 11) is 5.37. The number of non-ortho nitro benzene ring substituents is 1. The second-order valence-electron chi connectivity index (χ2n) is 5.56. The highest BCUT2D eigenvalue weighted by atomic mass is 16.6. The normalized spacial score (nSPS) is 11.3. The summed E-state index contributed by atoms with van der Waals surface area (Å²) in [6.45, 7) is 0. The lowest BCUT2D eigenvalue weighted by Gasteiger charge is -2.10. The molecule has 0 aliphatic rings. The van der Waals surface area contributed by atoms with Crippen LogP contribution in [0.5, 0.6) is 0 Å². The number of hydrogen-bond acceptors (Lipinski definition) is 8. The molecule has 2 aromatic heterocycles. The minimum Gasteiger partial charge on any atom is -0.383 e. The molecule has 3 rings (SSSR count). The summed E-state index contributed by atoms with van der Waals surface area (Å²) >= 11 is 0. The summed E-state index contributed by atoms with van der Waals surface area (Å²) < 4.78 is 1.57. The Morgan fingerprint density at radius 1 is 1.36 bits per heavy atom. The van der Waals surface area contributed by atoms with Gasteiger partial charge < -0.3 is 10.6 Å². The Morgan fingerprint density at radius 3 is 2.80 bits per heavy atom. The average molecular weight is 340 g/mol. The summed E-state index contributed by atoms with van der Waals surface area (Å²) in [5.74, 6) is 1.10. The van der Waals surface area contributed by atoms with Crippen LogP contribution in [0.1, 0.15) is 5.56 Å². The smallest absolute Gasteiger partial charge is 0.270 e. The summed E-state index contributed by atoms with van der Waals surface area (Å²) in [5, 5.41) is 15.7. The number of aliphatic imine (C=N–C) groups is 1. The van der Waals surface area contributed by atoms with Crippen molar-refractivity contribution in [1.82, 2.24) is 19.7 Å². The predicted molar refractivity (Wildman–Crippen MR) is 95.4 cm³/mol. The van der Waals surface area contributed by atoms with Gasteiger partial charge in [0.25, 0.3) is 5.69 Å². The van der Waals surface area contributed by atoms with Gasteiger partial charge in [-0.2, -0.15) is 15.1 Å². The van der Waals surface area contributed by atoms with Crippen molar-refractivity contribution in [2.75, 3.05) is 24.7 Å². The molecule has 2 N–H and O–H groups in total. The maximum Gasteiger partial charge on any atom is 0.270 e. The first-order chi connectivity index (χ1) is 11.9. The van der Waals surface area contributed by atoms with Gasteiger partial charge in [0.05, 0.1) is 4.92 Å². The van der Waals surface area contributed by atoms with E-state index >= 15 is 0 Å². The lowest BCUT2D eigenvalue weighted by atomic mass is 10.2. The molecule has 0 amide bonds. The second-order valence-corrected chi connectivity index (χ2v) is 5.56. The number of rotatable bonds is 4. The number of hydrogen-bond donors (Lipinski definition) is 1. The molecule has 10 nitrogen and oxygen atoms in total. The number of nitro groups is 1. The van der Waals surface area contributed by atoms with Crippen molar-refractivity contribution in [3.8, 4) is 0 Å². The number of aryl methyl sites for hydroxylation is 1. The van der Waals surface area contributed by atoms with Crippen LogP contribution in [0, 0.1) is 10.1 Å². The van der Waals surface area contributed by atoms with Crippen molar-refractivity contribution in [1.29, 1.82) is 0 Å². The third kappa shape index (κ3) is 3.09. The Balaban J connectivity index is 2.05. The second kappa shape index (κ2) is 6.15. The summed E-state index contributed by atoms with van der Waals surface area (Å²) in [5.41, 5.74) is 7.18. The van der Waals surface area contributed by atoms with Gasteiger partial charge in [-0.05, 0) is 5.56 Å². The van der Waals surface area contributed by atoms with E-state index in [1.54, 1.807) is 28.8 Å². The van der Waals surface area contributed by atoms with Crippen LogP contribution in [0.4, 0.5) is 23.3 Å². The van der Waals surface area contributed by atoms with Gasteiger partial charge in [-0.1, -0.05) is 12.1 Å². The van der Waals surface area contributed by atoms with Gasteiger partial charge in [0.1, 0.15) is 11.2 Å². The Hall–Kier alpha value is -3.56. The van der Waals surface area contributed by atoms with Gasteiger partial charge >= 0.3 is 0 Å². The third-order valence-electron chi connectivity index (χ3n) is 3.50. The van der Waals surface area contributed by atoms with E-state index in [1.807, 2.05) is 14.1 Å². The van der Waals surface area contributed by atoms with E-state index in [0.717, 1.165) is 0 Å². The molecule has 0 aliphatic carbocycles. The van der Waals surface area contributed by atoms with Crippen LogP contribution in [-0.2, 0) is 7.05 Å². The van der Waals surface area contributed by atoms with Crippen molar-refractivity contribution in [3.63, 3.8) is 0 Å². The molecule has 0 radical (unpaired) electrons. The van der Waals surface area contributed by atoms with E-state index in [9.17, 15) is 10.1 Å². The fourth-order valence-electron chi connectivity index (χ4n) is 2.29. The topological polar surface area (TPSA) is 128 Å². The molecule has 0 spiro atoms. The first-order valence-electron chi connectivity index (χ1n) is 7.33. The highest BCUT2D eigenvalue weighted by Gasteiger charge is 2.16. The monoisotopic (exact) mass is 340 g/mol. The van der Waals surface area contributed by atoms with Crippen LogP contribution in [0.2, 0.25) is 0 Å². The highest BCUT2D eigenvalue weighted by molar-refractivity contribution is 5.97. The molecule has 25 heavy (non-hydrogen) atoms. The molecule has 1 aromatic carbocycles. The molecule has 10 heteroatoms. The minimum absolute atomic E-state index is 0.00620. The highest BCUT2D eigenvalue weighted by Crippen LogP contribution is 2.29. The zero-order chi connectivity index (χ0) is 18.1. The van der Waals surface area contributed by atoms with E-state index in [2.05, 4.69) is 20.1 Å². The fourth-order valence-corrected chi connectivity index (χ4v) is 2.29. The van der Waals surface area contributed by atoms with Gasteiger partial charge in [-0.25, -0.2) is 9.67 Å². The molecular formula is C15H16N8O2. The van der Waals surface area contributed by atoms with Gasteiger partial charge in [0, 0.05) is 39.5 Å². The number of fused-ring (bicyclic) bond motifs is 1. The maximum atomic E-state index is 10.8. The number of nitrogens with zero attached hydrogens (tertiary/aromatic N) is 7. The molecule has 0 fully saturated rings. The molecular weight excluding hydrogens is 324 g/mol. The Labute approximate surface area is 142 Å². The molecule has 0 atom stereocenters. The van der Waals surface area contributed by atoms with Crippen LogP contribution < -0.4 is 10.6 Å². The molecule has 128 valence electrons. The Bertz CT molecular complexity index is 993. The molecule has 0 unspecified atom stereocenters. The molecule has 0 saturated heterocycles. The fraction of sp³-hybridized carbons (Fsp3) is 0.200. The van der Waals surface area contributed by atoms with E-state index < -0.39 is 4.92 Å². The number of benzene rings is 1. The quantitative estimate of drug-likeness (QED) is 0.434. The van der Waals surface area contributed by atoms with E-state index in [0.29, 0.717) is 28.4 Å². The number of anilines is 2. The molecule has 2 heterocycles. The van der Waals surface area contributed by atoms with Crippen LogP contribution in [0.25, 0.3) is 11.0 Å². The Kier molecular flexibility index (Phi) is 4.01. The summed E-state index contributed by atoms with van der Waals surface area (Å²) in [6.07, 6.45) is 1.49. The minimum atomic E-state index is -0.456. The summed E-state index contributed by atoms with van der Waals surface area (Å²) in [4.78, 5) is 25.1. The largest absolute Gasteiger partial charge is 0.383 e. The predicted octanol–water partition coefficient (Wildman–Crippen LogP) is 1.67.